The number of likely N-dealkylation sites (N-methyl/N-ethyl adjacent to an activating group) is 1. The minimum Gasteiger partial charge on any atom is -0.497 e. The third kappa shape index (κ3) is 1.77. The Morgan fingerprint density at radius 3 is 1.84 bits per heavy atom. The number of fused-ring (bicyclic) bond motifs is 1. The van der Waals surface area contributed by atoms with Gasteiger partial charge >= 0.3 is 0 Å². The van der Waals surface area contributed by atoms with Gasteiger partial charge in [-0.3, -0.25) is 4.90 Å². The Hall–Kier alpha value is -5.44. The van der Waals surface area contributed by atoms with Gasteiger partial charge in [0.1, 0.15) is 5.75 Å². The van der Waals surface area contributed by atoms with Crippen LogP contribution in [-0.4, -0.2) is 25.6 Å². The predicted molar refractivity (Wildman–Crippen MR) is 211 cm³/mol. The van der Waals surface area contributed by atoms with Crippen LogP contribution in [0.25, 0.3) is 130 Å². The quantitative estimate of drug-likeness (QED) is 0.174. The molecule has 0 aromatic heterocycles. The van der Waals surface area contributed by atoms with Gasteiger partial charge in [-0.05, 0) is 208 Å². The van der Waals surface area contributed by atoms with E-state index in [2.05, 4.69) is 66.5 Å². The number of benzene rings is 9. The maximum Gasteiger partial charge on any atom is 0.118 e. The van der Waals surface area contributed by atoms with E-state index in [1.165, 1.54) is 27.1 Å². The summed E-state index contributed by atoms with van der Waals surface area (Å²) in [7, 11) is 4.22. The Morgan fingerprint density at radius 2 is 1.14 bits per heavy atom. The lowest BCUT2D eigenvalue weighted by Gasteiger charge is -2.43. The summed E-state index contributed by atoms with van der Waals surface area (Å²) in [6.07, 6.45) is 3.38. The number of methoxy groups -OCH3 is 1. The van der Waals surface area contributed by atoms with E-state index in [4.69, 9.17) is 4.74 Å². The molecule has 5 aliphatic rings. The third-order valence-corrected chi connectivity index (χ3v) is 16.4. The molecule has 2 nitrogen and oxygen atoms in total. The largest absolute Gasteiger partial charge is 0.497 e. The number of rotatable bonds is 2. The maximum absolute atomic E-state index is 5.69. The van der Waals surface area contributed by atoms with Crippen LogP contribution in [0.4, 0.5) is 0 Å². The van der Waals surface area contributed by atoms with Gasteiger partial charge in [0.15, 0.2) is 0 Å². The number of hydrogen-bond donors (Lipinski definition) is 0. The zero-order chi connectivity index (χ0) is 32.0. The molecule has 0 saturated carbocycles. The second-order valence-corrected chi connectivity index (χ2v) is 17.8. The van der Waals surface area contributed by atoms with Crippen molar-refractivity contribution >= 4 is 130 Å². The summed E-state index contributed by atoms with van der Waals surface area (Å²) in [4.78, 5) is 2.75. The van der Waals surface area contributed by atoms with Crippen LogP contribution in [0.5, 0.6) is 5.75 Å². The normalized spacial score (nSPS) is 24.3. The molecule has 0 amide bonds. The van der Waals surface area contributed by atoms with Gasteiger partial charge < -0.3 is 4.74 Å². The Balaban J connectivity index is 1.23. The summed E-state index contributed by atoms with van der Waals surface area (Å²) in [5, 5.41) is 38.1. The van der Waals surface area contributed by atoms with Gasteiger partial charge in [0.25, 0.3) is 0 Å². The summed E-state index contributed by atoms with van der Waals surface area (Å²) in [6, 6.07) is 22.5. The molecule has 3 atom stereocenters. The van der Waals surface area contributed by atoms with Crippen LogP contribution in [0.3, 0.4) is 0 Å². The minimum absolute atomic E-state index is 0.00276. The first-order chi connectivity index (χ1) is 25.2. The van der Waals surface area contributed by atoms with Crippen molar-refractivity contribution in [2.75, 3.05) is 20.7 Å². The molecular weight excluding hydrogens is 619 g/mol. The van der Waals surface area contributed by atoms with Gasteiger partial charge in [-0.25, -0.2) is 0 Å². The van der Waals surface area contributed by atoms with Gasteiger partial charge in [-0.2, -0.15) is 0 Å². The summed E-state index contributed by atoms with van der Waals surface area (Å²) in [5.41, 5.74) is 9.86. The first-order valence-electron chi connectivity index (χ1n) is 19.0. The molecule has 2 heteroatoms. The molecule has 3 unspecified atom stereocenters. The van der Waals surface area contributed by atoms with Crippen molar-refractivity contribution in [1.82, 2.24) is 4.90 Å². The van der Waals surface area contributed by atoms with E-state index in [0.717, 1.165) is 31.6 Å². The summed E-state index contributed by atoms with van der Waals surface area (Å²) < 4.78 is 5.69. The van der Waals surface area contributed by atoms with Crippen molar-refractivity contribution < 1.29 is 4.74 Å². The third-order valence-electron chi connectivity index (χ3n) is 16.4. The average Bonchev–Trinajstić information content (AvgIpc) is 3.98. The molecule has 13 aromatic carbocycles. The molecule has 0 N–H and O–H groups in total. The molecule has 18 rings (SSSR count). The molecule has 51 heavy (non-hydrogen) atoms. The van der Waals surface area contributed by atoms with E-state index in [0.29, 0.717) is 12.0 Å². The molecule has 1 aliphatic heterocycles. The van der Waals surface area contributed by atoms with E-state index >= 15 is 0 Å². The SMILES string of the molecule is COc1ccc(C2N(C)CC3C4=c5c6c7c8c(cc9cc%10cc%11cc%12cc%13c%14c(c5c5c6c6c8c9c8c%10c%11c9c%12c%14c5c9c86)=C(C4)C%13)CC732)cc1. The first-order valence-corrected chi connectivity index (χ1v) is 19.0. The van der Waals surface area contributed by atoms with Crippen LogP contribution in [0, 0.1) is 5.92 Å². The number of hydrogen-bond acceptors (Lipinski definition) is 2. The second kappa shape index (κ2) is 6.22. The van der Waals surface area contributed by atoms with Crippen LogP contribution in [0.1, 0.15) is 34.7 Å². The highest BCUT2D eigenvalue weighted by atomic mass is 16.5. The molecule has 13 aromatic rings. The van der Waals surface area contributed by atoms with Crippen molar-refractivity contribution in [2.45, 2.75) is 30.7 Å². The lowest BCUT2D eigenvalue weighted by atomic mass is 9.60. The molecule has 1 heterocycles. The fourth-order valence-corrected chi connectivity index (χ4v) is 15.5. The van der Waals surface area contributed by atoms with E-state index in [9.17, 15) is 0 Å². The smallest absolute Gasteiger partial charge is 0.118 e. The topological polar surface area (TPSA) is 12.5 Å². The van der Waals surface area contributed by atoms with E-state index in [1.54, 1.807) is 142 Å². The Bertz CT molecular complexity index is 3980. The van der Waals surface area contributed by atoms with Crippen LogP contribution in [0.15, 0.2) is 54.6 Å². The fraction of sp³-hybridized carbons (Fsp3) is 0.184. The number of ether oxygens (including phenoxy) is 1. The molecular formula is C49H25NO. The van der Waals surface area contributed by atoms with E-state index in [1.807, 2.05) is 0 Å². The molecule has 0 bridgehead atoms. The molecule has 1 fully saturated rings. The van der Waals surface area contributed by atoms with Gasteiger partial charge in [-0.15, -0.1) is 0 Å². The van der Waals surface area contributed by atoms with Gasteiger partial charge in [0.2, 0.25) is 0 Å². The summed E-state index contributed by atoms with van der Waals surface area (Å²) in [6.45, 7) is 1.11. The van der Waals surface area contributed by atoms with Crippen molar-refractivity contribution in [1.29, 1.82) is 0 Å². The monoisotopic (exact) mass is 643 g/mol. The van der Waals surface area contributed by atoms with Gasteiger partial charge in [-0.1, -0.05) is 35.4 Å². The molecule has 1 spiro atoms. The summed E-state index contributed by atoms with van der Waals surface area (Å²) in [5.74, 6) is 1.44. The van der Waals surface area contributed by atoms with Crippen LogP contribution < -0.4 is 15.2 Å². The van der Waals surface area contributed by atoms with Crippen molar-refractivity contribution in [3.8, 4) is 5.75 Å². The Kier molecular flexibility index (Phi) is 2.82. The lowest BCUT2D eigenvalue weighted by molar-refractivity contribution is 0.245. The Morgan fingerprint density at radius 1 is 0.569 bits per heavy atom. The highest BCUT2D eigenvalue weighted by Crippen LogP contribution is 2.70. The first kappa shape index (κ1) is 23.1. The number of likely N-dealkylation sites (tertiary alicyclic amines) is 1. The highest BCUT2D eigenvalue weighted by molar-refractivity contribution is 6.63. The van der Waals surface area contributed by atoms with E-state index in [-0.39, 0.29) is 5.41 Å². The minimum atomic E-state index is 0.00276. The zero-order valence-corrected chi connectivity index (χ0v) is 28.0. The van der Waals surface area contributed by atoms with Crippen molar-refractivity contribution in [3.05, 3.63) is 87.3 Å². The van der Waals surface area contributed by atoms with Crippen LogP contribution in [-0.2, 0) is 18.3 Å². The molecule has 1 saturated heterocycles. The molecule has 0 radical (unpaired) electrons. The van der Waals surface area contributed by atoms with Gasteiger partial charge in [0.05, 0.1) is 7.11 Å². The van der Waals surface area contributed by atoms with Crippen molar-refractivity contribution in [2.24, 2.45) is 5.92 Å². The highest BCUT2D eigenvalue weighted by Gasteiger charge is 2.62. The average molecular weight is 644 g/mol. The number of nitrogens with zero attached hydrogens (tertiary/aromatic N) is 1. The maximum atomic E-state index is 5.69. The predicted octanol–water partition coefficient (Wildman–Crippen LogP) is 9.69. The summed E-state index contributed by atoms with van der Waals surface area (Å²) >= 11 is 0. The van der Waals surface area contributed by atoms with Crippen LogP contribution >= 0.6 is 0 Å². The second-order valence-electron chi connectivity index (χ2n) is 17.8. The Labute approximate surface area is 288 Å². The molecule has 4 aliphatic carbocycles. The van der Waals surface area contributed by atoms with Gasteiger partial charge in [0, 0.05) is 23.9 Å². The van der Waals surface area contributed by atoms with Crippen molar-refractivity contribution in [3.63, 3.8) is 0 Å². The molecule has 232 valence electrons. The standard InChI is InChI=1S/C49H25NO/c1-50-15-26-25-13-22-11-19-9-20-8-17-7-18-10-21-12-23-14-49(26,48(50)16-3-5-24(51-2)6-4-16)47-33(23)38-32(21)37-28(18)27(17)35-31(20)36-29(19)30(22)39-34(25)46(47)45-43(38)41(37)40(35)42(36)44(39)45/h3-10,12,26,48H,11,13-15H2,1-2H3. The fourth-order valence-electron chi connectivity index (χ4n) is 15.5. The van der Waals surface area contributed by atoms with E-state index < -0.39 is 0 Å². The lowest BCUT2D eigenvalue weighted by Crippen LogP contribution is -2.43. The van der Waals surface area contributed by atoms with Crippen LogP contribution in [0.2, 0.25) is 0 Å². The zero-order valence-electron chi connectivity index (χ0n) is 28.0.